The molecule has 0 saturated heterocycles. The van der Waals surface area contributed by atoms with Gasteiger partial charge in [0.05, 0.1) is 10.6 Å². The predicted octanol–water partition coefficient (Wildman–Crippen LogP) is 2.86. The molecule has 0 saturated carbocycles. The Labute approximate surface area is 130 Å². The second-order valence-electron chi connectivity index (χ2n) is 4.53. The summed E-state index contributed by atoms with van der Waals surface area (Å²) in [7, 11) is -4.20. The molecule has 122 valence electrons. The Morgan fingerprint density at radius 3 is 2.13 bits per heavy atom. The summed E-state index contributed by atoms with van der Waals surface area (Å²) in [4.78, 5) is 10.6. The van der Waals surface area contributed by atoms with E-state index in [0.717, 1.165) is 6.07 Å². The summed E-state index contributed by atoms with van der Waals surface area (Å²) in [6.07, 6.45) is 0. The van der Waals surface area contributed by atoms with Crippen molar-refractivity contribution in [3.05, 3.63) is 53.8 Å². The Hall–Kier alpha value is -2.55. The predicted molar refractivity (Wildman–Crippen MR) is 77.9 cm³/mol. The van der Waals surface area contributed by atoms with Gasteiger partial charge < -0.3 is 5.32 Å². The van der Waals surface area contributed by atoms with E-state index >= 15 is 0 Å². The topological polar surface area (TPSA) is 75.3 Å². The van der Waals surface area contributed by atoms with Crippen LogP contribution in [0.2, 0.25) is 0 Å². The number of nitrogens with one attached hydrogen (secondary N) is 2. The zero-order chi connectivity index (χ0) is 17.2. The van der Waals surface area contributed by atoms with Crippen LogP contribution in [-0.4, -0.2) is 14.3 Å². The third-order valence-corrected chi connectivity index (χ3v) is 4.15. The average molecular weight is 344 g/mol. The van der Waals surface area contributed by atoms with Crippen molar-refractivity contribution in [1.82, 2.24) is 0 Å². The quantitative estimate of drug-likeness (QED) is 0.838. The van der Waals surface area contributed by atoms with Crippen LogP contribution in [0.1, 0.15) is 6.92 Å². The number of anilines is 2. The molecule has 2 aromatic rings. The van der Waals surface area contributed by atoms with Gasteiger partial charge in [0.2, 0.25) is 5.91 Å². The van der Waals surface area contributed by atoms with Crippen LogP contribution in [0.25, 0.3) is 0 Å². The van der Waals surface area contributed by atoms with Crippen LogP contribution >= 0.6 is 0 Å². The van der Waals surface area contributed by atoms with Crippen LogP contribution < -0.4 is 10.0 Å². The molecule has 2 N–H and O–H groups in total. The SMILES string of the molecule is CC(=O)Nc1ccc(S(=O)(=O)Nc2ccc(F)c(F)c2F)cc1. The van der Waals surface area contributed by atoms with Crippen LogP contribution in [-0.2, 0) is 14.8 Å². The molecular formula is C14H11F3N2O3S. The van der Waals surface area contributed by atoms with Gasteiger partial charge >= 0.3 is 0 Å². The molecule has 0 bridgehead atoms. The molecule has 0 unspecified atom stereocenters. The fourth-order valence-electron chi connectivity index (χ4n) is 1.73. The van der Waals surface area contributed by atoms with E-state index in [0.29, 0.717) is 11.8 Å². The third-order valence-electron chi connectivity index (χ3n) is 2.76. The van der Waals surface area contributed by atoms with E-state index in [1.165, 1.54) is 31.2 Å². The summed E-state index contributed by atoms with van der Waals surface area (Å²) in [6, 6.07) is 6.39. The van der Waals surface area contributed by atoms with Crippen molar-refractivity contribution in [1.29, 1.82) is 0 Å². The number of carbonyl (C=O) groups excluding carboxylic acids is 1. The Bertz CT molecular complexity index is 852. The highest BCUT2D eigenvalue weighted by atomic mass is 32.2. The zero-order valence-electron chi connectivity index (χ0n) is 11.7. The van der Waals surface area contributed by atoms with E-state index in [1.807, 2.05) is 4.72 Å². The second kappa shape index (κ2) is 6.29. The molecule has 0 aromatic heterocycles. The van der Waals surface area contributed by atoms with Gasteiger partial charge in [0, 0.05) is 12.6 Å². The molecule has 2 rings (SSSR count). The highest BCUT2D eigenvalue weighted by Crippen LogP contribution is 2.23. The molecule has 0 aliphatic carbocycles. The molecule has 2 aromatic carbocycles. The van der Waals surface area contributed by atoms with Crippen LogP contribution in [0.15, 0.2) is 41.3 Å². The van der Waals surface area contributed by atoms with Crippen LogP contribution in [0.5, 0.6) is 0 Å². The largest absolute Gasteiger partial charge is 0.326 e. The van der Waals surface area contributed by atoms with E-state index in [2.05, 4.69) is 5.32 Å². The summed E-state index contributed by atoms with van der Waals surface area (Å²) in [5, 5.41) is 2.45. The summed E-state index contributed by atoms with van der Waals surface area (Å²) < 4.78 is 65.5. The van der Waals surface area contributed by atoms with Gasteiger partial charge in [0.15, 0.2) is 17.5 Å². The first-order valence-electron chi connectivity index (χ1n) is 6.24. The Balaban J connectivity index is 2.29. The van der Waals surface area contributed by atoms with E-state index in [4.69, 9.17) is 0 Å². The van der Waals surface area contributed by atoms with Gasteiger partial charge in [-0.15, -0.1) is 0 Å². The molecule has 0 aliphatic heterocycles. The first-order chi connectivity index (χ1) is 10.7. The standard InChI is InChI=1S/C14H11F3N2O3S/c1-8(20)18-9-2-4-10(5-3-9)23(21,22)19-12-7-6-11(15)13(16)14(12)17/h2-7,19H,1H3,(H,18,20). The van der Waals surface area contributed by atoms with Crippen molar-refractivity contribution in [2.75, 3.05) is 10.0 Å². The molecule has 0 heterocycles. The number of hydrogen-bond donors (Lipinski definition) is 2. The van der Waals surface area contributed by atoms with Gasteiger partial charge in [-0.3, -0.25) is 9.52 Å². The molecule has 0 aliphatic rings. The molecule has 0 spiro atoms. The summed E-state index contributed by atoms with van der Waals surface area (Å²) in [5.41, 5.74) is -0.342. The van der Waals surface area contributed by atoms with Crippen molar-refractivity contribution in [3.8, 4) is 0 Å². The van der Waals surface area contributed by atoms with Crippen molar-refractivity contribution in [3.63, 3.8) is 0 Å². The Morgan fingerprint density at radius 1 is 0.957 bits per heavy atom. The van der Waals surface area contributed by atoms with Crippen molar-refractivity contribution in [2.45, 2.75) is 11.8 Å². The minimum absolute atomic E-state index is 0.240. The van der Waals surface area contributed by atoms with Crippen LogP contribution in [0.3, 0.4) is 0 Å². The lowest BCUT2D eigenvalue weighted by atomic mass is 10.3. The van der Waals surface area contributed by atoms with Gasteiger partial charge in [0.25, 0.3) is 10.0 Å². The normalized spacial score (nSPS) is 11.1. The van der Waals surface area contributed by atoms with Gasteiger partial charge in [-0.2, -0.15) is 0 Å². The van der Waals surface area contributed by atoms with Gasteiger partial charge in [0.1, 0.15) is 0 Å². The lowest BCUT2D eigenvalue weighted by Crippen LogP contribution is -2.15. The summed E-state index contributed by atoms with van der Waals surface area (Å²) >= 11 is 0. The van der Waals surface area contributed by atoms with E-state index in [1.54, 1.807) is 0 Å². The lowest BCUT2D eigenvalue weighted by molar-refractivity contribution is -0.114. The van der Waals surface area contributed by atoms with Crippen molar-refractivity contribution >= 4 is 27.3 Å². The van der Waals surface area contributed by atoms with E-state index in [-0.39, 0.29) is 10.8 Å². The number of halogens is 3. The van der Waals surface area contributed by atoms with Gasteiger partial charge in [-0.1, -0.05) is 0 Å². The van der Waals surface area contributed by atoms with E-state index < -0.39 is 33.2 Å². The molecule has 5 nitrogen and oxygen atoms in total. The minimum atomic E-state index is -4.20. The first-order valence-corrected chi connectivity index (χ1v) is 7.73. The van der Waals surface area contributed by atoms with E-state index in [9.17, 15) is 26.4 Å². The smallest absolute Gasteiger partial charge is 0.261 e. The Kier molecular flexibility index (Phi) is 4.60. The molecule has 0 fully saturated rings. The fourth-order valence-corrected chi connectivity index (χ4v) is 2.79. The maximum atomic E-state index is 13.5. The number of sulfonamides is 1. The van der Waals surface area contributed by atoms with Crippen molar-refractivity contribution in [2.24, 2.45) is 0 Å². The number of carbonyl (C=O) groups is 1. The molecule has 9 heteroatoms. The Morgan fingerprint density at radius 2 is 1.57 bits per heavy atom. The molecule has 0 atom stereocenters. The number of benzene rings is 2. The number of hydrogen-bond acceptors (Lipinski definition) is 3. The fraction of sp³-hybridized carbons (Fsp3) is 0.0714. The average Bonchev–Trinajstić information content (AvgIpc) is 2.48. The highest BCUT2D eigenvalue weighted by Gasteiger charge is 2.20. The van der Waals surface area contributed by atoms with Crippen molar-refractivity contribution < 1.29 is 26.4 Å². The summed E-state index contributed by atoms with van der Waals surface area (Å²) in [6.45, 7) is 1.29. The molecule has 0 radical (unpaired) electrons. The molecular weight excluding hydrogens is 333 g/mol. The lowest BCUT2D eigenvalue weighted by Gasteiger charge is -2.10. The number of rotatable bonds is 4. The maximum absolute atomic E-state index is 13.5. The van der Waals surface area contributed by atoms with Gasteiger partial charge in [-0.25, -0.2) is 21.6 Å². The monoisotopic (exact) mass is 344 g/mol. The third kappa shape index (κ3) is 3.81. The molecule has 1 amide bonds. The second-order valence-corrected chi connectivity index (χ2v) is 6.22. The summed E-state index contributed by atoms with van der Waals surface area (Å²) in [5.74, 6) is -5.16. The maximum Gasteiger partial charge on any atom is 0.261 e. The molecule has 23 heavy (non-hydrogen) atoms. The number of amides is 1. The minimum Gasteiger partial charge on any atom is -0.326 e. The zero-order valence-corrected chi connectivity index (χ0v) is 12.5. The highest BCUT2D eigenvalue weighted by molar-refractivity contribution is 7.92. The first kappa shape index (κ1) is 16.8. The van der Waals surface area contributed by atoms with Gasteiger partial charge in [-0.05, 0) is 36.4 Å². The van der Waals surface area contributed by atoms with Crippen LogP contribution in [0.4, 0.5) is 24.5 Å². The van der Waals surface area contributed by atoms with Crippen LogP contribution in [0, 0.1) is 17.5 Å².